The minimum Gasteiger partial charge on any atom is -0.495 e. The number of methoxy groups -OCH3 is 1. The molecule has 2 saturated heterocycles. The summed E-state index contributed by atoms with van der Waals surface area (Å²) in [6.07, 6.45) is 3.68. The molecule has 2 aromatic carbocycles. The number of piperidine rings is 1. The van der Waals surface area contributed by atoms with Crippen LogP contribution in [0.25, 0.3) is 0 Å². The van der Waals surface area contributed by atoms with Gasteiger partial charge in [-0.25, -0.2) is 0 Å². The molecule has 0 unspecified atom stereocenters. The van der Waals surface area contributed by atoms with Gasteiger partial charge in [-0.15, -0.1) is 0 Å². The third-order valence-corrected chi connectivity index (χ3v) is 6.89. The average molecular weight is 493 g/mol. The van der Waals surface area contributed by atoms with Crippen molar-refractivity contribution < 1.29 is 14.3 Å². The number of piperazine rings is 1. The minimum atomic E-state index is -0.0996. The number of carbonyl (C=O) groups excluding carboxylic acids is 2. The summed E-state index contributed by atoms with van der Waals surface area (Å²) in [5, 5.41) is 3.02. The van der Waals surface area contributed by atoms with Crippen LogP contribution >= 0.6 is 0 Å². The summed E-state index contributed by atoms with van der Waals surface area (Å²) in [6, 6.07) is 13.9. The lowest BCUT2D eigenvalue weighted by atomic mass is 9.92. The Kier molecular flexibility index (Phi) is 8.07. The van der Waals surface area contributed by atoms with E-state index in [4.69, 9.17) is 4.74 Å². The van der Waals surface area contributed by atoms with Gasteiger partial charge >= 0.3 is 0 Å². The van der Waals surface area contributed by atoms with E-state index in [2.05, 4.69) is 21.2 Å². The lowest BCUT2D eigenvalue weighted by Gasteiger charge is -2.39. The molecule has 0 atom stereocenters. The molecule has 2 aliphatic heterocycles. The second-order valence-electron chi connectivity index (χ2n) is 11.0. The maximum Gasteiger partial charge on any atom is 0.256 e. The number of hydrogen-bond donors (Lipinski definition) is 1. The van der Waals surface area contributed by atoms with Crippen molar-refractivity contribution >= 4 is 28.9 Å². The van der Waals surface area contributed by atoms with Crippen LogP contribution < -0.4 is 19.9 Å². The van der Waals surface area contributed by atoms with E-state index in [1.165, 1.54) is 6.42 Å². The highest BCUT2D eigenvalue weighted by atomic mass is 16.5. The second kappa shape index (κ2) is 11.2. The van der Waals surface area contributed by atoms with E-state index in [0.29, 0.717) is 17.7 Å². The monoisotopic (exact) mass is 492 g/mol. The highest BCUT2D eigenvalue weighted by Gasteiger charge is 2.27. The fraction of sp³-hybridized carbons (Fsp3) is 0.517. The number of benzene rings is 2. The van der Waals surface area contributed by atoms with Crippen molar-refractivity contribution in [1.29, 1.82) is 0 Å². The molecule has 0 saturated carbocycles. The Hall–Kier alpha value is -3.22. The van der Waals surface area contributed by atoms with Gasteiger partial charge in [0, 0.05) is 57.1 Å². The Morgan fingerprint density at radius 2 is 1.50 bits per heavy atom. The smallest absolute Gasteiger partial charge is 0.256 e. The van der Waals surface area contributed by atoms with Crippen LogP contribution in [0.1, 0.15) is 56.8 Å². The maximum atomic E-state index is 13.7. The highest BCUT2D eigenvalue weighted by molar-refractivity contribution is 6.02. The number of nitrogens with zero attached hydrogens (tertiary/aromatic N) is 3. The first-order valence-electron chi connectivity index (χ1n) is 13.1. The van der Waals surface area contributed by atoms with Gasteiger partial charge < -0.3 is 24.8 Å². The molecule has 2 amide bonds. The Morgan fingerprint density at radius 1 is 0.861 bits per heavy atom. The summed E-state index contributed by atoms with van der Waals surface area (Å²) >= 11 is 0. The normalized spacial score (nSPS) is 16.6. The molecule has 2 heterocycles. The van der Waals surface area contributed by atoms with Crippen LogP contribution in [0.4, 0.5) is 17.1 Å². The number of amides is 2. The number of carbonyl (C=O) groups is 2. The molecule has 0 spiro atoms. The van der Waals surface area contributed by atoms with E-state index in [0.717, 1.165) is 69.2 Å². The van der Waals surface area contributed by atoms with Crippen LogP contribution in [0.5, 0.6) is 5.75 Å². The zero-order valence-corrected chi connectivity index (χ0v) is 22.2. The number of ether oxygens (including phenoxy) is 1. The molecule has 2 aliphatic rings. The summed E-state index contributed by atoms with van der Waals surface area (Å²) < 4.78 is 5.56. The fourth-order valence-electron chi connectivity index (χ4n) is 5.09. The molecule has 4 rings (SSSR count). The predicted molar refractivity (Wildman–Crippen MR) is 146 cm³/mol. The van der Waals surface area contributed by atoms with Gasteiger partial charge in [-0.05, 0) is 55.0 Å². The quantitative estimate of drug-likeness (QED) is 0.613. The molecule has 0 aliphatic carbocycles. The zero-order valence-electron chi connectivity index (χ0n) is 22.2. The number of rotatable bonds is 6. The number of para-hydroxylation sites is 2. The van der Waals surface area contributed by atoms with E-state index in [9.17, 15) is 9.59 Å². The summed E-state index contributed by atoms with van der Waals surface area (Å²) in [5.74, 6) is 0.906. The molecule has 7 heteroatoms. The van der Waals surface area contributed by atoms with Crippen molar-refractivity contribution in [3.05, 3.63) is 48.0 Å². The molecule has 2 aromatic rings. The zero-order chi connectivity index (χ0) is 25.7. The SMILES string of the molecule is COc1ccccc1N1CCN(c2ccc(NC(=O)CC(C)(C)C)cc2C(=O)N2CCCCC2)CC1. The Labute approximate surface area is 215 Å². The van der Waals surface area contributed by atoms with Gasteiger partial charge in [0.15, 0.2) is 0 Å². The molecule has 2 fully saturated rings. The Bertz CT molecular complexity index is 1060. The first-order chi connectivity index (χ1) is 17.2. The summed E-state index contributed by atoms with van der Waals surface area (Å²) in [6.45, 7) is 11.0. The van der Waals surface area contributed by atoms with Crippen molar-refractivity contribution in [2.75, 3.05) is 61.5 Å². The van der Waals surface area contributed by atoms with E-state index < -0.39 is 0 Å². The van der Waals surface area contributed by atoms with Crippen LogP contribution in [0.3, 0.4) is 0 Å². The molecular weight excluding hydrogens is 452 g/mol. The lowest BCUT2D eigenvalue weighted by Crippen LogP contribution is -2.47. The summed E-state index contributed by atoms with van der Waals surface area (Å²) in [5.41, 5.74) is 3.30. The number of anilines is 3. The Balaban J connectivity index is 1.55. The van der Waals surface area contributed by atoms with Crippen molar-refractivity contribution in [2.45, 2.75) is 46.5 Å². The number of likely N-dealkylation sites (tertiary alicyclic amines) is 1. The molecule has 7 nitrogen and oxygen atoms in total. The van der Waals surface area contributed by atoms with Crippen LogP contribution in [0.2, 0.25) is 0 Å². The topological polar surface area (TPSA) is 65.1 Å². The van der Waals surface area contributed by atoms with Crippen molar-refractivity contribution in [2.24, 2.45) is 5.41 Å². The largest absolute Gasteiger partial charge is 0.495 e. The van der Waals surface area contributed by atoms with Crippen LogP contribution in [-0.4, -0.2) is 63.1 Å². The standard InChI is InChI=1S/C29H40N4O3/c1-29(2,3)21-27(34)30-22-12-13-24(23(20-22)28(35)33-14-8-5-9-15-33)31-16-18-32(19-17-31)25-10-6-7-11-26(25)36-4/h6-7,10-13,20H,5,8-9,14-19,21H2,1-4H3,(H,30,34). The fourth-order valence-corrected chi connectivity index (χ4v) is 5.09. The number of hydrogen-bond acceptors (Lipinski definition) is 5. The van der Waals surface area contributed by atoms with Gasteiger partial charge in [-0.1, -0.05) is 32.9 Å². The van der Waals surface area contributed by atoms with E-state index in [1.807, 2.05) is 62.1 Å². The second-order valence-corrected chi connectivity index (χ2v) is 11.0. The van der Waals surface area contributed by atoms with E-state index >= 15 is 0 Å². The highest BCUT2D eigenvalue weighted by Crippen LogP contribution is 2.32. The third-order valence-electron chi connectivity index (χ3n) is 6.89. The lowest BCUT2D eigenvalue weighted by molar-refractivity contribution is -0.117. The summed E-state index contributed by atoms with van der Waals surface area (Å²) in [4.78, 5) is 32.8. The van der Waals surface area contributed by atoms with Gasteiger partial charge in [0.2, 0.25) is 5.91 Å². The van der Waals surface area contributed by atoms with Gasteiger partial charge in [-0.2, -0.15) is 0 Å². The molecule has 0 aromatic heterocycles. The molecule has 194 valence electrons. The van der Waals surface area contributed by atoms with Crippen LogP contribution in [0, 0.1) is 5.41 Å². The molecule has 36 heavy (non-hydrogen) atoms. The molecule has 0 radical (unpaired) electrons. The van der Waals surface area contributed by atoms with E-state index in [-0.39, 0.29) is 17.2 Å². The minimum absolute atomic E-state index is 0.0305. The molecule has 0 bridgehead atoms. The van der Waals surface area contributed by atoms with Crippen molar-refractivity contribution in [3.8, 4) is 5.75 Å². The van der Waals surface area contributed by atoms with Gasteiger partial charge in [0.1, 0.15) is 5.75 Å². The predicted octanol–water partition coefficient (Wildman–Crippen LogP) is 5.02. The van der Waals surface area contributed by atoms with Crippen LogP contribution in [0.15, 0.2) is 42.5 Å². The number of nitrogens with one attached hydrogen (secondary N) is 1. The van der Waals surface area contributed by atoms with E-state index in [1.54, 1.807) is 7.11 Å². The average Bonchev–Trinajstić information content (AvgIpc) is 2.87. The summed E-state index contributed by atoms with van der Waals surface area (Å²) in [7, 11) is 1.70. The first kappa shape index (κ1) is 25.9. The van der Waals surface area contributed by atoms with Gasteiger partial charge in [-0.3, -0.25) is 9.59 Å². The third kappa shape index (κ3) is 6.31. The molecule has 1 N–H and O–H groups in total. The van der Waals surface area contributed by atoms with Crippen LogP contribution in [-0.2, 0) is 4.79 Å². The van der Waals surface area contributed by atoms with Crippen molar-refractivity contribution in [1.82, 2.24) is 4.90 Å². The Morgan fingerprint density at radius 3 is 2.14 bits per heavy atom. The molecular formula is C29H40N4O3. The maximum absolute atomic E-state index is 13.7. The van der Waals surface area contributed by atoms with Gasteiger partial charge in [0.25, 0.3) is 5.91 Å². The van der Waals surface area contributed by atoms with Gasteiger partial charge in [0.05, 0.1) is 18.4 Å². The first-order valence-corrected chi connectivity index (χ1v) is 13.1. The van der Waals surface area contributed by atoms with Crippen molar-refractivity contribution in [3.63, 3.8) is 0 Å².